The van der Waals surface area contributed by atoms with E-state index in [0.717, 1.165) is 24.2 Å². The van der Waals surface area contributed by atoms with Crippen molar-refractivity contribution in [3.63, 3.8) is 0 Å². The van der Waals surface area contributed by atoms with Crippen LogP contribution in [0.3, 0.4) is 0 Å². The van der Waals surface area contributed by atoms with Crippen molar-refractivity contribution < 1.29 is 9.53 Å². The number of rotatable bonds is 9. The number of ether oxygens (including phenoxy) is 1. The Labute approximate surface area is 127 Å². The Hall–Kier alpha value is -1.59. The van der Waals surface area contributed by atoms with E-state index in [1.165, 1.54) is 0 Å². The van der Waals surface area contributed by atoms with Crippen molar-refractivity contribution in [2.24, 2.45) is 11.7 Å². The summed E-state index contributed by atoms with van der Waals surface area (Å²) in [5.74, 6) is 0.000984. The minimum Gasteiger partial charge on any atom is -0.383 e. The van der Waals surface area contributed by atoms with Crippen LogP contribution >= 0.6 is 0 Å². The van der Waals surface area contributed by atoms with E-state index >= 15 is 0 Å². The van der Waals surface area contributed by atoms with E-state index in [1.54, 1.807) is 7.11 Å². The molecule has 0 aliphatic rings. The topological polar surface area (TPSA) is 76.4 Å². The molecule has 0 saturated heterocycles. The molecule has 1 aromatic rings. The van der Waals surface area contributed by atoms with Crippen LogP contribution in [0.15, 0.2) is 24.3 Å². The molecule has 1 unspecified atom stereocenters. The fraction of sp³-hybridized carbons (Fsp3) is 0.562. The van der Waals surface area contributed by atoms with Gasteiger partial charge in [0, 0.05) is 30.4 Å². The zero-order valence-corrected chi connectivity index (χ0v) is 13.2. The highest BCUT2D eigenvalue weighted by atomic mass is 16.5. The predicted octanol–water partition coefficient (Wildman–Crippen LogP) is 2.45. The summed E-state index contributed by atoms with van der Waals surface area (Å²) < 4.78 is 5.22. The molecule has 5 nitrogen and oxygen atoms in total. The molecule has 5 heteroatoms. The van der Waals surface area contributed by atoms with Gasteiger partial charge in [-0.3, -0.25) is 4.79 Å². The molecule has 0 fully saturated rings. The van der Waals surface area contributed by atoms with Gasteiger partial charge >= 0.3 is 0 Å². The summed E-state index contributed by atoms with van der Waals surface area (Å²) in [6, 6.07) is 7.96. The van der Waals surface area contributed by atoms with Crippen molar-refractivity contribution in [2.45, 2.75) is 32.7 Å². The number of anilines is 2. The second kappa shape index (κ2) is 9.37. The third-order valence-corrected chi connectivity index (χ3v) is 3.17. The molecule has 0 bridgehead atoms. The van der Waals surface area contributed by atoms with Crippen LogP contribution in [0.5, 0.6) is 0 Å². The molecule has 0 spiro atoms. The molecule has 0 aliphatic carbocycles. The molecule has 0 radical (unpaired) electrons. The summed E-state index contributed by atoms with van der Waals surface area (Å²) in [6.45, 7) is 5.07. The van der Waals surface area contributed by atoms with Crippen LogP contribution in [0.4, 0.5) is 11.4 Å². The number of carbonyl (C=O) groups is 1. The Morgan fingerprint density at radius 2 is 1.86 bits per heavy atom. The predicted molar refractivity (Wildman–Crippen MR) is 87.5 cm³/mol. The number of hydrogen-bond acceptors (Lipinski definition) is 4. The Bertz CT molecular complexity index is 418. The monoisotopic (exact) mass is 293 g/mol. The van der Waals surface area contributed by atoms with Crippen LogP contribution in [0.25, 0.3) is 0 Å². The molecule has 0 aliphatic heterocycles. The minimum atomic E-state index is -0.0230. The molecule has 1 aromatic carbocycles. The highest BCUT2D eigenvalue weighted by molar-refractivity contribution is 5.92. The Balaban J connectivity index is 2.57. The van der Waals surface area contributed by atoms with E-state index in [9.17, 15) is 4.79 Å². The number of amides is 1. The Morgan fingerprint density at radius 3 is 2.38 bits per heavy atom. The van der Waals surface area contributed by atoms with E-state index < -0.39 is 0 Å². The fourth-order valence-electron chi connectivity index (χ4n) is 1.93. The summed E-state index contributed by atoms with van der Waals surface area (Å²) >= 11 is 0. The number of methoxy groups -OCH3 is 1. The van der Waals surface area contributed by atoms with Crippen molar-refractivity contribution in [1.29, 1.82) is 0 Å². The first-order chi connectivity index (χ1) is 10.1. The average Bonchev–Trinajstić information content (AvgIpc) is 2.46. The summed E-state index contributed by atoms with van der Waals surface area (Å²) in [6.07, 6.45) is 1.93. The summed E-state index contributed by atoms with van der Waals surface area (Å²) in [7, 11) is 1.70. The molecule has 1 amide bonds. The molecule has 21 heavy (non-hydrogen) atoms. The molecule has 4 N–H and O–H groups in total. The highest BCUT2D eigenvalue weighted by Crippen LogP contribution is 2.16. The van der Waals surface area contributed by atoms with Crippen molar-refractivity contribution in [3.05, 3.63) is 24.3 Å². The van der Waals surface area contributed by atoms with Crippen LogP contribution in [-0.4, -0.2) is 32.2 Å². The maximum atomic E-state index is 11.6. The lowest BCUT2D eigenvalue weighted by molar-refractivity contribution is -0.118. The van der Waals surface area contributed by atoms with Crippen LogP contribution in [-0.2, 0) is 9.53 Å². The van der Waals surface area contributed by atoms with Gasteiger partial charge in [0.15, 0.2) is 0 Å². The van der Waals surface area contributed by atoms with E-state index in [0.29, 0.717) is 13.2 Å². The second-order valence-electron chi connectivity index (χ2n) is 5.45. The lowest BCUT2D eigenvalue weighted by Crippen LogP contribution is -2.25. The maximum absolute atomic E-state index is 11.6. The molecule has 1 atom stereocenters. The lowest BCUT2D eigenvalue weighted by Gasteiger charge is -2.19. The fourth-order valence-corrected chi connectivity index (χ4v) is 1.93. The molecule has 118 valence electrons. The first kappa shape index (κ1) is 17.5. The van der Waals surface area contributed by atoms with E-state index in [1.807, 2.05) is 38.1 Å². The highest BCUT2D eigenvalue weighted by Gasteiger charge is 2.09. The molecule has 0 saturated carbocycles. The molecule has 1 rings (SSSR count). The summed E-state index contributed by atoms with van der Waals surface area (Å²) in [5.41, 5.74) is 7.37. The van der Waals surface area contributed by atoms with Gasteiger partial charge in [-0.05, 0) is 43.7 Å². The third-order valence-electron chi connectivity index (χ3n) is 3.17. The standard InChI is InChI=1S/C16H27N3O2/c1-12(2)16(20)19-14-8-6-13(7-9-14)18-15(11-21-3)5-4-10-17/h6-9,12,15,18H,4-5,10-11,17H2,1-3H3,(H,19,20). The van der Waals surface area contributed by atoms with E-state index in [-0.39, 0.29) is 17.9 Å². The molecular formula is C16H27N3O2. The van der Waals surface area contributed by atoms with Crippen molar-refractivity contribution in [2.75, 3.05) is 30.9 Å². The molecular weight excluding hydrogens is 266 g/mol. The van der Waals surface area contributed by atoms with Gasteiger partial charge in [-0.15, -0.1) is 0 Å². The van der Waals surface area contributed by atoms with Crippen LogP contribution < -0.4 is 16.4 Å². The Kier molecular flexibility index (Phi) is 7.79. The van der Waals surface area contributed by atoms with Gasteiger partial charge < -0.3 is 21.1 Å². The average molecular weight is 293 g/mol. The smallest absolute Gasteiger partial charge is 0.226 e. The largest absolute Gasteiger partial charge is 0.383 e. The first-order valence-corrected chi connectivity index (χ1v) is 7.43. The summed E-state index contributed by atoms with van der Waals surface area (Å²) in [4.78, 5) is 11.6. The maximum Gasteiger partial charge on any atom is 0.226 e. The number of nitrogens with two attached hydrogens (primary N) is 1. The molecule has 0 aromatic heterocycles. The van der Waals surface area contributed by atoms with Crippen molar-refractivity contribution in [1.82, 2.24) is 0 Å². The number of nitrogens with one attached hydrogen (secondary N) is 2. The zero-order valence-electron chi connectivity index (χ0n) is 13.2. The number of benzene rings is 1. The van der Waals surface area contributed by atoms with Crippen LogP contribution in [0.1, 0.15) is 26.7 Å². The van der Waals surface area contributed by atoms with Gasteiger partial charge in [-0.1, -0.05) is 13.8 Å². The Morgan fingerprint density at radius 1 is 1.24 bits per heavy atom. The second-order valence-corrected chi connectivity index (χ2v) is 5.45. The van der Waals surface area contributed by atoms with Gasteiger partial charge in [-0.25, -0.2) is 0 Å². The van der Waals surface area contributed by atoms with E-state index in [4.69, 9.17) is 10.5 Å². The van der Waals surface area contributed by atoms with Crippen LogP contribution in [0.2, 0.25) is 0 Å². The van der Waals surface area contributed by atoms with E-state index in [2.05, 4.69) is 10.6 Å². The van der Waals surface area contributed by atoms with Crippen LogP contribution in [0, 0.1) is 5.92 Å². The first-order valence-electron chi connectivity index (χ1n) is 7.43. The van der Waals surface area contributed by atoms with Gasteiger partial charge in [0.25, 0.3) is 0 Å². The number of carbonyl (C=O) groups excluding carboxylic acids is 1. The quantitative estimate of drug-likeness (QED) is 0.653. The minimum absolute atomic E-state index is 0.0230. The van der Waals surface area contributed by atoms with Gasteiger partial charge in [0.1, 0.15) is 0 Å². The van der Waals surface area contributed by atoms with Gasteiger partial charge in [0.05, 0.1) is 6.61 Å². The lowest BCUT2D eigenvalue weighted by atomic mass is 10.1. The molecule has 0 heterocycles. The van der Waals surface area contributed by atoms with Gasteiger partial charge in [0.2, 0.25) is 5.91 Å². The summed E-state index contributed by atoms with van der Waals surface area (Å²) in [5, 5.41) is 6.30. The third kappa shape index (κ3) is 6.60. The zero-order chi connectivity index (χ0) is 15.7. The SMILES string of the molecule is COCC(CCCN)Nc1ccc(NC(=O)C(C)C)cc1. The van der Waals surface area contributed by atoms with Crippen molar-refractivity contribution in [3.8, 4) is 0 Å². The van der Waals surface area contributed by atoms with Gasteiger partial charge in [-0.2, -0.15) is 0 Å². The van der Waals surface area contributed by atoms with Crippen molar-refractivity contribution >= 4 is 17.3 Å². The normalized spacial score (nSPS) is 12.2. The number of hydrogen-bond donors (Lipinski definition) is 3.